The number of amides is 1. The molecular formula is C24H20N2O3S. The van der Waals surface area contributed by atoms with Crippen molar-refractivity contribution in [2.45, 2.75) is 13.5 Å². The lowest BCUT2D eigenvalue weighted by molar-refractivity contribution is 0.0984. The molecule has 5 rings (SSSR count). The summed E-state index contributed by atoms with van der Waals surface area (Å²) in [7, 11) is 0. The van der Waals surface area contributed by atoms with Gasteiger partial charge in [-0.05, 0) is 42.3 Å². The van der Waals surface area contributed by atoms with E-state index in [2.05, 4.69) is 0 Å². The van der Waals surface area contributed by atoms with Crippen LogP contribution in [0.5, 0.6) is 11.5 Å². The van der Waals surface area contributed by atoms with Gasteiger partial charge in [0.25, 0.3) is 5.91 Å². The minimum atomic E-state index is -0.118. The summed E-state index contributed by atoms with van der Waals surface area (Å²) in [6.07, 6.45) is 0. The molecule has 3 aromatic carbocycles. The molecule has 2 heterocycles. The second-order valence-electron chi connectivity index (χ2n) is 7.15. The largest absolute Gasteiger partial charge is 0.486 e. The fourth-order valence-electron chi connectivity index (χ4n) is 3.51. The number of anilines is 1. The number of nitrogens with zero attached hydrogens (tertiary/aromatic N) is 2. The van der Waals surface area contributed by atoms with Gasteiger partial charge in [0.2, 0.25) is 0 Å². The summed E-state index contributed by atoms with van der Waals surface area (Å²) in [5.41, 5.74) is 3.62. The molecular weight excluding hydrogens is 396 g/mol. The highest BCUT2D eigenvalue weighted by molar-refractivity contribution is 7.22. The zero-order valence-electron chi connectivity index (χ0n) is 16.5. The van der Waals surface area contributed by atoms with E-state index < -0.39 is 0 Å². The van der Waals surface area contributed by atoms with E-state index in [-0.39, 0.29) is 5.91 Å². The molecule has 0 aliphatic carbocycles. The molecule has 0 atom stereocenters. The van der Waals surface area contributed by atoms with Crippen LogP contribution in [0.2, 0.25) is 0 Å². The second-order valence-corrected chi connectivity index (χ2v) is 8.16. The number of ether oxygens (including phenoxy) is 2. The van der Waals surface area contributed by atoms with Crippen LogP contribution in [-0.2, 0) is 6.54 Å². The van der Waals surface area contributed by atoms with Gasteiger partial charge in [-0.3, -0.25) is 9.69 Å². The Labute approximate surface area is 178 Å². The normalized spacial score (nSPS) is 12.7. The van der Waals surface area contributed by atoms with Crippen LogP contribution < -0.4 is 14.4 Å². The van der Waals surface area contributed by atoms with Crippen molar-refractivity contribution in [2.24, 2.45) is 0 Å². The maximum atomic E-state index is 13.6. The second kappa shape index (κ2) is 7.80. The van der Waals surface area contributed by atoms with Crippen molar-refractivity contribution in [2.75, 3.05) is 18.1 Å². The minimum absolute atomic E-state index is 0.118. The number of carbonyl (C=O) groups excluding carboxylic acids is 1. The molecule has 0 saturated carbocycles. The van der Waals surface area contributed by atoms with Crippen LogP contribution in [0.1, 0.15) is 21.5 Å². The van der Waals surface area contributed by atoms with E-state index >= 15 is 0 Å². The van der Waals surface area contributed by atoms with Crippen LogP contribution in [0.3, 0.4) is 0 Å². The Morgan fingerprint density at radius 2 is 1.80 bits per heavy atom. The number of benzene rings is 3. The lowest BCUT2D eigenvalue weighted by atomic mass is 10.1. The van der Waals surface area contributed by atoms with E-state index in [1.54, 1.807) is 23.1 Å². The molecule has 1 aliphatic rings. The minimum Gasteiger partial charge on any atom is -0.486 e. The fraction of sp³-hybridized carbons (Fsp3) is 0.167. The highest BCUT2D eigenvalue weighted by atomic mass is 32.1. The van der Waals surface area contributed by atoms with E-state index in [9.17, 15) is 4.79 Å². The van der Waals surface area contributed by atoms with Crippen molar-refractivity contribution in [3.05, 3.63) is 83.4 Å². The Bertz CT molecular complexity index is 1220. The first kappa shape index (κ1) is 18.6. The third-order valence-electron chi connectivity index (χ3n) is 5.06. The van der Waals surface area contributed by atoms with Gasteiger partial charge in [0.05, 0.1) is 16.8 Å². The SMILES string of the molecule is Cc1cccc2sc(N(Cc3ccccc3)C(=O)c3ccc4c(c3)OCCO4)nc12. The Kier molecular flexibility index (Phi) is 4.85. The molecule has 0 unspecified atom stereocenters. The van der Waals surface area contributed by atoms with Crippen molar-refractivity contribution >= 4 is 32.6 Å². The molecule has 0 radical (unpaired) electrons. The summed E-state index contributed by atoms with van der Waals surface area (Å²) in [6.45, 7) is 3.48. The molecule has 5 nitrogen and oxygen atoms in total. The molecule has 1 aliphatic heterocycles. The van der Waals surface area contributed by atoms with Gasteiger partial charge in [-0.1, -0.05) is 53.8 Å². The smallest absolute Gasteiger partial charge is 0.260 e. The molecule has 30 heavy (non-hydrogen) atoms. The number of aryl methyl sites for hydroxylation is 1. The van der Waals surface area contributed by atoms with Gasteiger partial charge in [-0.15, -0.1) is 0 Å². The summed E-state index contributed by atoms with van der Waals surface area (Å²) in [4.78, 5) is 20.1. The van der Waals surface area contributed by atoms with Crippen LogP contribution in [0.25, 0.3) is 10.2 Å². The number of rotatable bonds is 4. The molecule has 0 saturated heterocycles. The zero-order chi connectivity index (χ0) is 20.5. The number of carbonyl (C=O) groups is 1. The number of para-hydroxylation sites is 1. The van der Waals surface area contributed by atoms with Crippen LogP contribution in [0.4, 0.5) is 5.13 Å². The molecule has 6 heteroatoms. The van der Waals surface area contributed by atoms with E-state index in [0.29, 0.717) is 42.0 Å². The maximum Gasteiger partial charge on any atom is 0.260 e. The predicted octanol–water partition coefficient (Wildman–Crippen LogP) is 5.22. The molecule has 1 aromatic heterocycles. The van der Waals surface area contributed by atoms with Crippen molar-refractivity contribution in [3.8, 4) is 11.5 Å². The number of hydrogen-bond acceptors (Lipinski definition) is 5. The van der Waals surface area contributed by atoms with Gasteiger partial charge < -0.3 is 9.47 Å². The summed E-state index contributed by atoms with van der Waals surface area (Å²) >= 11 is 1.53. The highest BCUT2D eigenvalue weighted by Crippen LogP contribution is 2.34. The third-order valence-corrected chi connectivity index (χ3v) is 6.10. The average Bonchev–Trinajstić information content (AvgIpc) is 3.23. The van der Waals surface area contributed by atoms with Gasteiger partial charge in [0.1, 0.15) is 13.2 Å². The highest BCUT2D eigenvalue weighted by Gasteiger charge is 2.24. The third kappa shape index (κ3) is 3.50. The van der Waals surface area contributed by atoms with Crippen LogP contribution >= 0.6 is 11.3 Å². The fourth-order valence-corrected chi connectivity index (χ4v) is 4.56. The van der Waals surface area contributed by atoms with E-state index in [1.807, 2.05) is 55.5 Å². The van der Waals surface area contributed by atoms with Gasteiger partial charge in [0, 0.05) is 5.56 Å². The monoisotopic (exact) mass is 416 g/mol. The Morgan fingerprint density at radius 3 is 2.60 bits per heavy atom. The molecule has 4 aromatic rings. The van der Waals surface area contributed by atoms with Crippen LogP contribution in [0.15, 0.2) is 66.7 Å². The number of fused-ring (bicyclic) bond motifs is 2. The quantitative estimate of drug-likeness (QED) is 0.458. The van der Waals surface area contributed by atoms with Crippen molar-refractivity contribution in [1.82, 2.24) is 4.98 Å². The summed E-state index contributed by atoms with van der Waals surface area (Å²) < 4.78 is 12.3. The molecule has 0 spiro atoms. The van der Waals surface area contributed by atoms with Crippen LogP contribution in [0, 0.1) is 6.92 Å². The zero-order valence-corrected chi connectivity index (χ0v) is 17.3. The van der Waals surface area contributed by atoms with Gasteiger partial charge in [-0.25, -0.2) is 4.98 Å². The van der Waals surface area contributed by atoms with Gasteiger partial charge >= 0.3 is 0 Å². The van der Waals surface area contributed by atoms with Crippen LogP contribution in [-0.4, -0.2) is 24.1 Å². The number of hydrogen-bond donors (Lipinski definition) is 0. The lowest BCUT2D eigenvalue weighted by Gasteiger charge is -2.22. The summed E-state index contributed by atoms with van der Waals surface area (Å²) in [6, 6.07) is 21.4. The van der Waals surface area contributed by atoms with Gasteiger partial charge in [0.15, 0.2) is 16.6 Å². The summed E-state index contributed by atoms with van der Waals surface area (Å²) in [5.74, 6) is 1.16. The Hall–Kier alpha value is -3.38. The molecule has 150 valence electrons. The van der Waals surface area contributed by atoms with E-state index in [1.165, 1.54) is 11.3 Å². The molecule has 0 N–H and O–H groups in total. The number of thiazole rings is 1. The maximum absolute atomic E-state index is 13.6. The van der Waals surface area contributed by atoms with Crippen molar-refractivity contribution in [1.29, 1.82) is 0 Å². The Balaban J connectivity index is 1.56. The Morgan fingerprint density at radius 1 is 1.00 bits per heavy atom. The first-order valence-corrected chi connectivity index (χ1v) is 10.6. The first-order chi connectivity index (χ1) is 14.7. The average molecular weight is 417 g/mol. The van der Waals surface area contributed by atoms with E-state index in [0.717, 1.165) is 21.3 Å². The topological polar surface area (TPSA) is 51.7 Å². The predicted molar refractivity (Wildman–Crippen MR) is 119 cm³/mol. The number of aromatic nitrogens is 1. The first-order valence-electron chi connectivity index (χ1n) is 9.80. The van der Waals surface area contributed by atoms with Gasteiger partial charge in [-0.2, -0.15) is 0 Å². The van der Waals surface area contributed by atoms with Crippen molar-refractivity contribution < 1.29 is 14.3 Å². The van der Waals surface area contributed by atoms with E-state index in [4.69, 9.17) is 14.5 Å². The lowest BCUT2D eigenvalue weighted by Crippen LogP contribution is -2.30. The van der Waals surface area contributed by atoms with Crippen molar-refractivity contribution in [3.63, 3.8) is 0 Å². The molecule has 1 amide bonds. The standard InChI is InChI=1S/C24H20N2O3S/c1-16-6-5-9-21-22(16)25-24(30-21)26(15-17-7-3-2-4-8-17)23(27)18-10-11-19-20(14-18)29-13-12-28-19/h2-11,14H,12-13,15H2,1H3. The molecule has 0 bridgehead atoms. The molecule has 0 fully saturated rings. The summed E-state index contributed by atoms with van der Waals surface area (Å²) in [5, 5.41) is 0.683.